The van der Waals surface area contributed by atoms with Crippen molar-refractivity contribution in [2.24, 2.45) is 9.98 Å². The molecule has 0 bridgehead atoms. The molecule has 0 atom stereocenters. The van der Waals surface area contributed by atoms with Crippen molar-refractivity contribution < 1.29 is 0 Å². The molecule has 2 heterocycles. The molecule has 1 N–H and O–H groups in total. The summed E-state index contributed by atoms with van der Waals surface area (Å²) in [4.78, 5) is 13.5. The summed E-state index contributed by atoms with van der Waals surface area (Å²) in [6.45, 7) is 0. The van der Waals surface area contributed by atoms with Crippen molar-refractivity contribution in [2.45, 2.75) is 0 Å². The van der Waals surface area contributed by atoms with Crippen LogP contribution in [0.1, 0.15) is 16.7 Å². The minimum atomic E-state index is 0.737. The average molecular weight is 397 g/mol. The average Bonchev–Trinajstić information content (AvgIpc) is 3.40. The van der Waals surface area contributed by atoms with E-state index in [1.807, 2.05) is 30.3 Å². The van der Waals surface area contributed by atoms with Crippen LogP contribution in [0.3, 0.4) is 0 Å². The number of aromatic amines is 1. The minimum absolute atomic E-state index is 0.737. The summed E-state index contributed by atoms with van der Waals surface area (Å²) < 4.78 is 0. The van der Waals surface area contributed by atoms with Crippen LogP contribution in [-0.4, -0.2) is 16.5 Å². The van der Waals surface area contributed by atoms with Gasteiger partial charge in [-0.1, -0.05) is 109 Å². The highest BCUT2D eigenvalue weighted by atomic mass is 15.0. The molecule has 0 saturated heterocycles. The fourth-order valence-electron chi connectivity index (χ4n) is 4.20. The van der Waals surface area contributed by atoms with E-state index in [4.69, 9.17) is 9.98 Å². The number of fused-ring (bicyclic) bond motifs is 2. The molecule has 5 aromatic rings. The predicted molar refractivity (Wildman–Crippen MR) is 128 cm³/mol. The maximum absolute atomic E-state index is 5.02. The molecule has 0 aliphatic carbocycles. The molecule has 0 amide bonds. The fraction of sp³-hybridized carbons (Fsp3) is 0. The first-order chi connectivity index (χ1) is 15.4. The maximum atomic E-state index is 5.02. The van der Waals surface area contributed by atoms with Gasteiger partial charge in [0.1, 0.15) is 5.82 Å². The Labute approximate surface area is 180 Å². The van der Waals surface area contributed by atoms with Crippen molar-refractivity contribution in [3.63, 3.8) is 0 Å². The monoisotopic (exact) mass is 397 g/mol. The van der Waals surface area contributed by atoms with Crippen molar-refractivity contribution >= 4 is 28.1 Å². The van der Waals surface area contributed by atoms with Crippen LogP contribution in [0.25, 0.3) is 22.0 Å². The summed E-state index contributed by atoms with van der Waals surface area (Å²) in [5, 5.41) is 2.25. The highest BCUT2D eigenvalue weighted by molar-refractivity contribution is 6.29. The zero-order valence-corrected chi connectivity index (χ0v) is 16.8. The lowest BCUT2D eigenvalue weighted by Crippen LogP contribution is -1.99. The summed E-state index contributed by atoms with van der Waals surface area (Å²) in [6, 6.07) is 37.3. The zero-order chi connectivity index (χ0) is 20.6. The lowest BCUT2D eigenvalue weighted by molar-refractivity contribution is 1.33. The van der Waals surface area contributed by atoms with Crippen LogP contribution in [0.2, 0.25) is 0 Å². The molecule has 3 heteroatoms. The third-order valence-electron chi connectivity index (χ3n) is 5.66. The number of H-pyrrole nitrogens is 1. The number of amidine groups is 1. The van der Waals surface area contributed by atoms with Crippen LogP contribution >= 0.6 is 0 Å². The molecule has 0 spiro atoms. The van der Waals surface area contributed by atoms with Crippen molar-refractivity contribution in [2.75, 3.05) is 0 Å². The van der Waals surface area contributed by atoms with Gasteiger partial charge in [-0.15, -0.1) is 0 Å². The maximum Gasteiger partial charge on any atom is 0.162 e. The van der Waals surface area contributed by atoms with Gasteiger partial charge in [-0.25, -0.2) is 9.98 Å². The Morgan fingerprint density at radius 3 is 1.87 bits per heavy atom. The first kappa shape index (κ1) is 17.6. The lowest BCUT2D eigenvalue weighted by atomic mass is 10.0. The van der Waals surface area contributed by atoms with Gasteiger partial charge in [0.15, 0.2) is 5.84 Å². The third kappa shape index (κ3) is 2.99. The van der Waals surface area contributed by atoms with E-state index in [0.717, 1.165) is 56.1 Å². The van der Waals surface area contributed by atoms with Crippen molar-refractivity contribution in [1.29, 1.82) is 0 Å². The van der Waals surface area contributed by atoms with Crippen LogP contribution < -0.4 is 0 Å². The molecule has 1 aliphatic rings. The molecular formula is C28H19N3. The van der Waals surface area contributed by atoms with Crippen molar-refractivity contribution in [3.05, 3.63) is 126 Å². The van der Waals surface area contributed by atoms with Gasteiger partial charge < -0.3 is 4.98 Å². The van der Waals surface area contributed by atoms with E-state index >= 15 is 0 Å². The number of rotatable bonds is 3. The molecule has 4 aromatic carbocycles. The quantitative estimate of drug-likeness (QED) is 0.349. The second-order valence-corrected chi connectivity index (χ2v) is 7.57. The second-order valence-electron chi connectivity index (χ2n) is 7.57. The summed E-state index contributed by atoms with van der Waals surface area (Å²) in [7, 11) is 0. The van der Waals surface area contributed by atoms with Gasteiger partial charge >= 0.3 is 0 Å². The Morgan fingerprint density at radius 2 is 1.13 bits per heavy atom. The first-order valence-corrected chi connectivity index (χ1v) is 10.4. The Bertz CT molecular complexity index is 1460. The van der Waals surface area contributed by atoms with Crippen LogP contribution in [0, 0.1) is 0 Å². The molecule has 1 aliphatic heterocycles. The number of nitrogens with one attached hydrogen (secondary N) is 1. The Kier molecular flexibility index (Phi) is 4.10. The Morgan fingerprint density at radius 1 is 0.548 bits per heavy atom. The molecule has 0 saturated carbocycles. The number of aliphatic imine (C=N–C) groups is 2. The van der Waals surface area contributed by atoms with Gasteiger partial charge in [0, 0.05) is 27.5 Å². The van der Waals surface area contributed by atoms with Crippen LogP contribution in [0.4, 0.5) is 5.82 Å². The number of hydrogen-bond acceptors (Lipinski definition) is 1. The number of hydrogen-bond donors (Lipinski definition) is 1. The smallest absolute Gasteiger partial charge is 0.162 e. The molecule has 0 unspecified atom stereocenters. The molecule has 6 rings (SSSR count). The second kappa shape index (κ2) is 7.22. The molecular weight excluding hydrogens is 378 g/mol. The predicted octanol–water partition coefficient (Wildman–Crippen LogP) is 6.76. The van der Waals surface area contributed by atoms with Crippen LogP contribution in [0.5, 0.6) is 0 Å². The zero-order valence-electron chi connectivity index (χ0n) is 16.8. The van der Waals surface area contributed by atoms with Crippen molar-refractivity contribution in [3.8, 4) is 11.3 Å². The van der Waals surface area contributed by atoms with Gasteiger partial charge in [-0.05, 0) is 5.56 Å². The highest BCUT2D eigenvalue weighted by Gasteiger charge is 2.23. The van der Waals surface area contributed by atoms with E-state index < -0.39 is 0 Å². The fourth-order valence-corrected chi connectivity index (χ4v) is 4.20. The normalized spacial score (nSPS) is 14.1. The van der Waals surface area contributed by atoms with Gasteiger partial charge in [-0.3, -0.25) is 0 Å². The van der Waals surface area contributed by atoms with Crippen molar-refractivity contribution in [1.82, 2.24) is 4.98 Å². The summed E-state index contributed by atoms with van der Waals surface area (Å²) in [5.74, 6) is 1.57. The van der Waals surface area contributed by atoms with Gasteiger partial charge in [0.2, 0.25) is 0 Å². The van der Waals surface area contributed by atoms with E-state index in [1.165, 1.54) is 0 Å². The van der Waals surface area contributed by atoms with Gasteiger partial charge in [0.05, 0.1) is 11.4 Å². The third-order valence-corrected chi connectivity index (χ3v) is 5.66. The standard InChI is InChI=1S/C28H19N3/c1-3-11-19(12-4-1)25-21-15-7-9-17-23(21)27(29-25)31-28-24-18-10-8-16-22(24)26(30-28)20-13-5-2-6-14-20/h1-18,29H/b31-28-. The van der Waals surface area contributed by atoms with Crippen LogP contribution in [0.15, 0.2) is 119 Å². The molecule has 31 heavy (non-hydrogen) atoms. The molecule has 0 radical (unpaired) electrons. The highest BCUT2D eigenvalue weighted by Crippen LogP contribution is 2.36. The summed E-state index contributed by atoms with van der Waals surface area (Å²) >= 11 is 0. The molecule has 1 aromatic heterocycles. The van der Waals surface area contributed by atoms with Gasteiger partial charge in [-0.2, -0.15) is 0 Å². The number of aromatic nitrogens is 1. The Balaban J connectivity index is 1.55. The van der Waals surface area contributed by atoms with E-state index in [2.05, 4.69) is 83.8 Å². The largest absolute Gasteiger partial charge is 0.339 e. The molecule has 146 valence electrons. The SMILES string of the molecule is c1ccc(C2=N/C(=N\c3[nH]c(-c4ccccc4)c4ccccc34)c3ccccc32)cc1. The molecule has 0 fully saturated rings. The molecule has 3 nitrogen and oxygen atoms in total. The van der Waals surface area contributed by atoms with E-state index in [0.29, 0.717) is 0 Å². The van der Waals surface area contributed by atoms with Gasteiger partial charge in [0.25, 0.3) is 0 Å². The first-order valence-electron chi connectivity index (χ1n) is 10.4. The Hall–Kier alpha value is -4.24. The van der Waals surface area contributed by atoms with E-state index in [-0.39, 0.29) is 0 Å². The van der Waals surface area contributed by atoms with E-state index in [9.17, 15) is 0 Å². The topological polar surface area (TPSA) is 40.5 Å². The minimum Gasteiger partial charge on any atom is -0.339 e. The summed E-state index contributed by atoms with van der Waals surface area (Å²) in [6.07, 6.45) is 0. The lowest BCUT2D eigenvalue weighted by Gasteiger charge is -2.02. The number of nitrogens with zero attached hydrogens (tertiary/aromatic N) is 2. The van der Waals surface area contributed by atoms with Crippen LogP contribution in [-0.2, 0) is 0 Å². The van der Waals surface area contributed by atoms with E-state index in [1.54, 1.807) is 0 Å². The summed E-state index contributed by atoms with van der Waals surface area (Å²) in [5.41, 5.74) is 6.46. The number of benzene rings is 4.